The average Bonchev–Trinajstić information content (AvgIpc) is 2.41. The SMILES string of the molecule is C[C@@H]1CCCN(CCNC(=O)Cn2ccccc2=O)C1. The Kier molecular flexibility index (Phi) is 5.35. The first-order chi connectivity index (χ1) is 9.65. The number of nitrogens with zero attached hydrogens (tertiary/aromatic N) is 2. The number of pyridine rings is 1. The van der Waals surface area contributed by atoms with Crippen LogP contribution >= 0.6 is 0 Å². The molecule has 0 unspecified atom stereocenters. The van der Waals surface area contributed by atoms with E-state index >= 15 is 0 Å². The number of amides is 1. The highest BCUT2D eigenvalue weighted by Gasteiger charge is 2.15. The summed E-state index contributed by atoms with van der Waals surface area (Å²) >= 11 is 0. The van der Waals surface area contributed by atoms with Crippen molar-refractivity contribution in [2.45, 2.75) is 26.3 Å². The van der Waals surface area contributed by atoms with Gasteiger partial charge in [0.15, 0.2) is 0 Å². The van der Waals surface area contributed by atoms with Gasteiger partial charge >= 0.3 is 0 Å². The number of rotatable bonds is 5. The molecule has 0 aliphatic carbocycles. The zero-order valence-electron chi connectivity index (χ0n) is 12.0. The number of aromatic nitrogens is 1. The second-order valence-electron chi connectivity index (χ2n) is 5.56. The van der Waals surface area contributed by atoms with Gasteiger partial charge in [-0.05, 0) is 31.4 Å². The van der Waals surface area contributed by atoms with Gasteiger partial charge in [0.2, 0.25) is 5.91 Å². The van der Waals surface area contributed by atoms with Gasteiger partial charge in [-0.25, -0.2) is 0 Å². The van der Waals surface area contributed by atoms with Gasteiger partial charge in [-0.15, -0.1) is 0 Å². The molecule has 5 heteroatoms. The third-order valence-electron chi connectivity index (χ3n) is 3.70. The van der Waals surface area contributed by atoms with E-state index in [2.05, 4.69) is 17.1 Å². The second kappa shape index (κ2) is 7.24. The second-order valence-corrected chi connectivity index (χ2v) is 5.56. The quantitative estimate of drug-likeness (QED) is 0.862. The summed E-state index contributed by atoms with van der Waals surface area (Å²) in [6.45, 7) is 6.14. The van der Waals surface area contributed by atoms with E-state index in [-0.39, 0.29) is 18.0 Å². The molecule has 20 heavy (non-hydrogen) atoms. The number of piperidine rings is 1. The van der Waals surface area contributed by atoms with E-state index in [1.807, 2.05) is 0 Å². The van der Waals surface area contributed by atoms with E-state index in [4.69, 9.17) is 0 Å². The van der Waals surface area contributed by atoms with Crippen LogP contribution in [-0.4, -0.2) is 41.6 Å². The highest BCUT2D eigenvalue weighted by molar-refractivity contribution is 5.75. The van der Waals surface area contributed by atoms with Crippen molar-refractivity contribution in [2.75, 3.05) is 26.2 Å². The molecule has 0 aromatic carbocycles. The molecule has 1 saturated heterocycles. The molecular weight excluding hydrogens is 254 g/mol. The van der Waals surface area contributed by atoms with Crippen LogP contribution < -0.4 is 10.9 Å². The van der Waals surface area contributed by atoms with Crippen molar-refractivity contribution in [3.05, 3.63) is 34.7 Å². The summed E-state index contributed by atoms with van der Waals surface area (Å²) in [7, 11) is 0. The number of hydrogen-bond donors (Lipinski definition) is 1. The van der Waals surface area contributed by atoms with Crippen LogP contribution in [-0.2, 0) is 11.3 Å². The number of carbonyl (C=O) groups excluding carboxylic acids is 1. The molecule has 2 heterocycles. The van der Waals surface area contributed by atoms with Crippen LogP contribution in [0.4, 0.5) is 0 Å². The van der Waals surface area contributed by atoms with Crippen molar-refractivity contribution >= 4 is 5.91 Å². The molecule has 0 spiro atoms. The minimum Gasteiger partial charge on any atom is -0.353 e. The molecule has 0 bridgehead atoms. The van der Waals surface area contributed by atoms with Crippen molar-refractivity contribution in [1.82, 2.24) is 14.8 Å². The van der Waals surface area contributed by atoms with Gasteiger partial charge in [0.25, 0.3) is 5.56 Å². The Labute approximate surface area is 119 Å². The van der Waals surface area contributed by atoms with Crippen molar-refractivity contribution in [3.63, 3.8) is 0 Å². The zero-order valence-corrected chi connectivity index (χ0v) is 12.0. The van der Waals surface area contributed by atoms with E-state index in [0.717, 1.165) is 25.6 Å². The molecule has 1 amide bonds. The van der Waals surface area contributed by atoms with E-state index in [1.54, 1.807) is 18.3 Å². The molecular formula is C15H23N3O2. The Morgan fingerprint density at radius 1 is 1.45 bits per heavy atom. The van der Waals surface area contributed by atoms with Crippen LogP contribution in [0.1, 0.15) is 19.8 Å². The Hall–Kier alpha value is -1.62. The molecule has 0 radical (unpaired) electrons. The highest BCUT2D eigenvalue weighted by atomic mass is 16.2. The van der Waals surface area contributed by atoms with Crippen LogP contribution in [0.25, 0.3) is 0 Å². The summed E-state index contributed by atoms with van der Waals surface area (Å²) in [5.41, 5.74) is -0.146. The Bertz CT molecular complexity index is 498. The number of likely N-dealkylation sites (tertiary alicyclic amines) is 1. The van der Waals surface area contributed by atoms with Gasteiger partial charge in [0, 0.05) is 31.9 Å². The fourth-order valence-electron chi connectivity index (χ4n) is 2.65. The molecule has 1 aromatic heterocycles. The maximum Gasteiger partial charge on any atom is 0.250 e. The van der Waals surface area contributed by atoms with Gasteiger partial charge in [0.05, 0.1) is 0 Å². The fourth-order valence-corrected chi connectivity index (χ4v) is 2.65. The first-order valence-electron chi connectivity index (χ1n) is 7.29. The van der Waals surface area contributed by atoms with Gasteiger partial charge in [-0.1, -0.05) is 13.0 Å². The number of nitrogens with one attached hydrogen (secondary N) is 1. The largest absolute Gasteiger partial charge is 0.353 e. The fraction of sp³-hybridized carbons (Fsp3) is 0.600. The molecule has 1 atom stereocenters. The molecule has 1 aliphatic heterocycles. The molecule has 1 aromatic rings. The molecule has 1 N–H and O–H groups in total. The summed E-state index contributed by atoms with van der Waals surface area (Å²) in [4.78, 5) is 25.7. The van der Waals surface area contributed by atoms with Crippen molar-refractivity contribution in [1.29, 1.82) is 0 Å². The van der Waals surface area contributed by atoms with Crippen LogP contribution in [0.15, 0.2) is 29.2 Å². The molecule has 0 saturated carbocycles. The predicted octanol–water partition coefficient (Wildman–Crippen LogP) is 0.696. The van der Waals surface area contributed by atoms with Crippen LogP contribution in [0.3, 0.4) is 0 Å². The third-order valence-corrected chi connectivity index (χ3v) is 3.70. The Balaban J connectivity index is 1.70. The van der Waals surface area contributed by atoms with Crippen LogP contribution in [0.2, 0.25) is 0 Å². The highest BCUT2D eigenvalue weighted by Crippen LogP contribution is 2.14. The summed E-state index contributed by atoms with van der Waals surface area (Å²) in [5, 5.41) is 2.88. The average molecular weight is 277 g/mol. The Morgan fingerprint density at radius 3 is 3.05 bits per heavy atom. The lowest BCUT2D eigenvalue weighted by molar-refractivity contribution is -0.121. The minimum atomic E-state index is -0.146. The third kappa shape index (κ3) is 4.49. The Morgan fingerprint density at radius 2 is 2.30 bits per heavy atom. The van der Waals surface area contributed by atoms with Crippen LogP contribution in [0, 0.1) is 5.92 Å². The standard InChI is InChI=1S/C15H23N3O2/c1-13-5-4-8-17(11-13)10-7-16-14(19)12-18-9-3-2-6-15(18)20/h2-3,6,9,13H,4-5,7-8,10-12H2,1H3,(H,16,19)/t13-/m1/s1. The van der Waals surface area contributed by atoms with Gasteiger partial charge in [-0.2, -0.15) is 0 Å². The zero-order chi connectivity index (χ0) is 14.4. The van der Waals surface area contributed by atoms with E-state index in [1.165, 1.54) is 23.5 Å². The first-order valence-corrected chi connectivity index (χ1v) is 7.29. The van der Waals surface area contributed by atoms with E-state index in [0.29, 0.717) is 6.54 Å². The summed E-state index contributed by atoms with van der Waals surface area (Å²) in [6.07, 6.45) is 4.18. The van der Waals surface area contributed by atoms with Crippen molar-refractivity contribution in [2.24, 2.45) is 5.92 Å². The summed E-state index contributed by atoms with van der Waals surface area (Å²) in [6, 6.07) is 4.89. The maximum atomic E-state index is 11.8. The lowest BCUT2D eigenvalue weighted by atomic mass is 10.0. The smallest absolute Gasteiger partial charge is 0.250 e. The lowest BCUT2D eigenvalue weighted by Gasteiger charge is -2.30. The first kappa shape index (κ1) is 14.8. The van der Waals surface area contributed by atoms with Crippen molar-refractivity contribution in [3.8, 4) is 0 Å². The van der Waals surface area contributed by atoms with E-state index < -0.39 is 0 Å². The van der Waals surface area contributed by atoms with E-state index in [9.17, 15) is 9.59 Å². The summed E-state index contributed by atoms with van der Waals surface area (Å²) in [5.74, 6) is 0.644. The lowest BCUT2D eigenvalue weighted by Crippen LogP contribution is -2.41. The van der Waals surface area contributed by atoms with Gasteiger partial charge in [0.1, 0.15) is 6.54 Å². The van der Waals surface area contributed by atoms with Gasteiger partial charge in [-0.3, -0.25) is 9.59 Å². The number of carbonyl (C=O) groups is 1. The monoisotopic (exact) mass is 277 g/mol. The van der Waals surface area contributed by atoms with Crippen LogP contribution in [0.5, 0.6) is 0 Å². The summed E-state index contributed by atoms with van der Waals surface area (Å²) < 4.78 is 1.41. The number of hydrogen-bond acceptors (Lipinski definition) is 3. The van der Waals surface area contributed by atoms with Crippen molar-refractivity contribution < 1.29 is 4.79 Å². The van der Waals surface area contributed by atoms with Gasteiger partial charge < -0.3 is 14.8 Å². The minimum absolute atomic E-state index is 0.0933. The molecule has 1 aliphatic rings. The molecule has 110 valence electrons. The maximum absolute atomic E-state index is 11.8. The molecule has 1 fully saturated rings. The topological polar surface area (TPSA) is 54.3 Å². The normalized spacial score (nSPS) is 19.8. The molecule has 2 rings (SSSR count). The molecule has 5 nitrogen and oxygen atoms in total. The predicted molar refractivity (Wildman–Crippen MR) is 78.5 cm³/mol.